The molecule has 9 heteroatoms. The van der Waals surface area contributed by atoms with Gasteiger partial charge in [-0.1, -0.05) is 6.07 Å². The van der Waals surface area contributed by atoms with Crippen LogP contribution in [0, 0.1) is 5.82 Å². The minimum absolute atomic E-state index is 0.0138. The number of hydrogen-bond acceptors (Lipinski definition) is 6. The summed E-state index contributed by atoms with van der Waals surface area (Å²) in [4.78, 5) is 7.49. The fourth-order valence-corrected chi connectivity index (χ4v) is 2.22. The molecule has 118 valence electrons. The van der Waals surface area contributed by atoms with Gasteiger partial charge in [0, 0.05) is 6.07 Å². The molecular weight excluding hydrogens is 311 g/mol. The number of sulfonamides is 1. The maximum Gasteiger partial charge on any atom is 0.322 e. The van der Waals surface area contributed by atoms with Gasteiger partial charge < -0.3 is 10.5 Å². The zero-order valence-corrected chi connectivity index (χ0v) is 12.8. The largest absolute Gasteiger partial charge is 0.424 e. The SMILES string of the molecule is CC(C)(N)c1nc(Oc2cccc(S(N)(=O)=O)c2)ncc1F. The Morgan fingerprint density at radius 3 is 2.59 bits per heavy atom. The van der Waals surface area contributed by atoms with Gasteiger partial charge >= 0.3 is 6.01 Å². The van der Waals surface area contributed by atoms with E-state index < -0.39 is 21.4 Å². The smallest absolute Gasteiger partial charge is 0.322 e. The van der Waals surface area contributed by atoms with Crippen LogP contribution in [-0.2, 0) is 15.6 Å². The molecule has 0 aliphatic rings. The first kappa shape index (κ1) is 16.3. The van der Waals surface area contributed by atoms with E-state index in [9.17, 15) is 12.8 Å². The average Bonchev–Trinajstić information content (AvgIpc) is 2.39. The molecule has 0 saturated carbocycles. The van der Waals surface area contributed by atoms with Gasteiger partial charge in [0.2, 0.25) is 10.0 Å². The number of nitrogens with zero attached hydrogens (tertiary/aromatic N) is 2. The van der Waals surface area contributed by atoms with Gasteiger partial charge in [0.15, 0.2) is 5.82 Å². The molecule has 0 fully saturated rings. The zero-order valence-electron chi connectivity index (χ0n) is 11.9. The van der Waals surface area contributed by atoms with Crippen LogP contribution < -0.4 is 15.6 Å². The van der Waals surface area contributed by atoms with Crippen LogP contribution in [0.15, 0.2) is 35.4 Å². The highest BCUT2D eigenvalue weighted by Crippen LogP contribution is 2.24. The molecule has 1 heterocycles. The Kier molecular flexibility index (Phi) is 4.14. The van der Waals surface area contributed by atoms with Gasteiger partial charge in [0.05, 0.1) is 16.6 Å². The van der Waals surface area contributed by atoms with E-state index in [4.69, 9.17) is 15.6 Å². The lowest BCUT2D eigenvalue weighted by Gasteiger charge is -2.18. The number of aromatic nitrogens is 2. The molecule has 0 atom stereocenters. The highest BCUT2D eigenvalue weighted by Gasteiger charge is 2.22. The molecule has 0 bridgehead atoms. The number of halogens is 1. The van der Waals surface area contributed by atoms with Crippen molar-refractivity contribution in [1.29, 1.82) is 0 Å². The van der Waals surface area contributed by atoms with E-state index in [-0.39, 0.29) is 22.3 Å². The Bertz CT molecular complexity index is 803. The number of rotatable bonds is 4. The second-order valence-electron chi connectivity index (χ2n) is 5.19. The molecule has 0 amide bonds. The van der Waals surface area contributed by atoms with Crippen molar-refractivity contribution in [3.63, 3.8) is 0 Å². The summed E-state index contributed by atoms with van der Waals surface area (Å²) >= 11 is 0. The summed E-state index contributed by atoms with van der Waals surface area (Å²) in [6, 6.07) is 5.33. The number of primary sulfonamides is 1. The van der Waals surface area contributed by atoms with Gasteiger partial charge in [-0.15, -0.1) is 0 Å². The van der Waals surface area contributed by atoms with E-state index in [0.29, 0.717) is 0 Å². The van der Waals surface area contributed by atoms with Gasteiger partial charge in [-0.25, -0.2) is 22.9 Å². The summed E-state index contributed by atoms with van der Waals surface area (Å²) in [6.45, 7) is 3.17. The van der Waals surface area contributed by atoms with Crippen molar-refractivity contribution in [2.24, 2.45) is 10.9 Å². The third-order valence-corrected chi connectivity index (χ3v) is 3.59. The van der Waals surface area contributed by atoms with Crippen molar-refractivity contribution < 1.29 is 17.5 Å². The fraction of sp³-hybridized carbons (Fsp3) is 0.231. The van der Waals surface area contributed by atoms with Gasteiger partial charge in [-0.3, -0.25) is 0 Å². The predicted molar refractivity (Wildman–Crippen MR) is 77.1 cm³/mol. The Morgan fingerprint density at radius 2 is 2.00 bits per heavy atom. The molecule has 0 aliphatic heterocycles. The Hall–Kier alpha value is -2.10. The third-order valence-electron chi connectivity index (χ3n) is 2.68. The maximum absolute atomic E-state index is 13.7. The van der Waals surface area contributed by atoms with Crippen molar-refractivity contribution >= 4 is 10.0 Å². The molecule has 1 aromatic heterocycles. The molecule has 0 saturated heterocycles. The molecular formula is C13H15FN4O3S. The molecule has 0 spiro atoms. The van der Waals surface area contributed by atoms with Crippen LogP contribution >= 0.6 is 0 Å². The van der Waals surface area contributed by atoms with Gasteiger partial charge in [-0.05, 0) is 26.0 Å². The lowest BCUT2D eigenvalue weighted by Crippen LogP contribution is -2.31. The van der Waals surface area contributed by atoms with Crippen LogP contribution in [0.4, 0.5) is 4.39 Å². The minimum atomic E-state index is -3.86. The minimum Gasteiger partial charge on any atom is -0.424 e. The molecule has 2 rings (SSSR count). The Morgan fingerprint density at radius 1 is 1.32 bits per heavy atom. The zero-order chi connectivity index (χ0) is 16.5. The first-order valence-corrected chi connectivity index (χ1v) is 7.74. The Labute approximate surface area is 127 Å². The summed E-state index contributed by atoms with van der Waals surface area (Å²) in [5.41, 5.74) is 4.79. The number of nitrogens with two attached hydrogens (primary N) is 2. The topological polar surface area (TPSA) is 121 Å². The van der Waals surface area contributed by atoms with Crippen molar-refractivity contribution in [3.05, 3.63) is 42.0 Å². The quantitative estimate of drug-likeness (QED) is 0.872. The van der Waals surface area contributed by atoms with E-state index in [2.05, 4.69) is 9.97 Å². The lowest BCUT2D eigenvalue weighted by molar-refractivity contribution is 0.410. The monoisotopic (exact) mass is 326 g/mol. The number of ether oxygens (including phenoxy) is 1. The maximum atomic E-state index is 13.7. The van der Waals surface area contributed by atoms with Crippen LogP contribution in [0.5, 0.6) is 11.8 Å². The average molecular weight is 326 g/mol. The molecule has 0 radical (unpaired) electrons. The van der Waals surface area contributed by atoms with Crippen LogP contribution in [0.1, 0.15) is 19.5 Å². The van der Waals surface area contributed by atoms with Gasteiger partial charge in [0.1, 0.15) is 11.4 Å². The van der Waals surface area contributed by atoms with Gasteiger partial charge in [0.25, 0.3) is 0 Å². The predicted octanol–water partition coefficient (Wildman–Crippen LogP) is 1.25. The number of hydrogen-bond donors (Lipinski definition) is 2. The van der Waals surface area contributed by atoms with E-state index in [1.54, 1.807) is 13.8 Å². The molecule has 4 N–H and O–H groups in total. The second-order valence-corrected chi connectivity index (χ2v) is 6.75. The highest BCUT2D eigenvalue weighted by atomic mass is 32.2. The van der Waals surface area contributed by atoms with E-state index in [1.165, 1.54) is 24.3 Å². The van der Waals surface area contributed by atoms with Crippen LogP contribution in [0.3, 0.4) is 0 Å². The van der Waals surface area contributed by atoms with Gasteiger partial charge in [-0.2, -0.15) is 4.98 Å². The molecule has 22 heavy (non-hydrogen) atoms. The molecule has 1 aromatic carbocycles. The van der Waals surface area contributed by atoms with Crippen molar-refractivity contribution in [2.45, 2.75) is 24.3 Å². The molecule has 0 aliphatic carbocycles. The number of benzene rings is 1. The summed E-state index contributed by atoms with van der Waals surface area (Å²) in [5, 5.41) is 5.04. The summed E-state index contributed by atoms with van der Waals surface area (Å²) in [5.74, 6) is -0.503. The Balaban J connectivity index is 2.36. The first-order valence-electron chi connectivity index (χ1n) is 6.20. The van der Waals surface area contributed by atoms with E-state index in [0.717, 1.165) is 6.20 Å². The van der Waals surface area contributed by atoms with E-state index >= 15 is 0 Å². The van der Waals surface area contributed by atoms with Crippen molar-refractivity contribution in [3.8, 4) is 11.8 Å². The van der Waals surface area contributed by atoms with Crippen molar-refractivity contribution in [1.82, 2.24) is 9.97 Å². The molecule has 0 unspecified atom stereocenters. The summed E-state index contributed by atoms with van der Waals surface area (Å²) < 4.78 is 41.6. The molecule has 7 nitrogen and oxygen atoms in total. The fourth-order valence-electron chi connectivity index (χ4n) is 1.67. The normalized spacial score (nSPS) is 12.2. The lowest BCUT2D eigenvalue weighted by atomic mass is 10.0. The van der Waals surface area contributed by atoms with Crippen LogP contribution in [0.25, 0.3) is 0 Å². The summed E-state index contributed by atoms with van der Waals surface area (Å²) in [6.07, 6.45) is 0.940. The van der Waals surface area contributed by atoms with Crippen molar-refractivity contribution in [2.75, 3.05) is 0 Å². The first-order chi connectivity index (χ1) is 10.1. The van der Waals surface area contributed by atoms with Crippen LogP contribution in [0.2, 0.25) is 0 Å². The third kappa shape index (κ3) is 3.75. The standard InChI is InChI=1S/C13H15FN4O3S/c1-13(2,15)11-10(14)7-17-12(18-11)21-8-4-3-5-9(6-8)22(16,19)20/h3-7H,15H2,1-2H3,(H2,16,19,20). The molecule has 2 aromatic rings. The second kappa shape index (κ2) is 5.59. The summed E-state index contributed by atoms with van der Waals surface area (Å²) in [7, 11) is -3.86. The van der Waals surface area contributed by atoms with E-state index in [1.807, 2.05) is 0 Å². The highest BCUT2D eigenvalue weighted by molar-refractivity contribution is 7.89. The van der Waals surface area contributed by atoms with Crippen LogP contribution in [-0.4, -0.2) is 18.4 Å².